The summed E-state index contributed by atoms with van der Waals surface area (Å²) in [6.07, 6.45) is 1.85. The third-order valence-electron chi connectivity index (χ3n) is 4.35. The number of guanidine groups is 1. The van der Waals surface area contributed by atoms with E-state index in [1.807, 2.05) is 26.8 Å². The Morgan fingerprint density at radius 1 is 1.32 bits per heavy atom. The van der Waals surface area contributed by atoms with Gasteiger partial charge >= 0.3 is 0 Å². The van der Waals surface area contributed by atoms with Gasteiger partial charge < -0.3 is 15.2 Å². The second kappa shape index (κ2) is 8.65. The fourth-order valence-electron chi connectivity index (χ4n) is 2.69. The van der Waals surface area contributed by atoms with Crippen molar-refractivity contribution in [2.45, 2.75) is 46.6 Å². The molecule has 1 aromatic heterocycles. The molecule has 0 aliphatic heterocycles. The maximum atomic E-state index is 13.7. The molecule has 1 unspecified atom stereocenters. The quantitative estimate of drug-likeness (QED) is 0.477. The van der Waals surface area contributed by atoms with Gasteiger partial charge in [-0.25, -0.2) is 4.39 Å². The van der Waals surface area contributed by atoms with Gasteiger partial charge in [0.25, 0.3) is 0 Å². The van der Waals surface area contributed by atoms with Gasteiger partial charge in [0, 0.05) is 19.2 Å². The van der Waals surface area contributed by atoms with Crippen LogP contribution in [0.25, 0.3) is 0 Å². The molecule has 25 heavy (non-hydrogen) atoms. The van der Waals surface area contributed by atoms with Crippen LogP contribution in [0.3, 0.4) is 0 Å². The topological polar surface area (TPSA) is 62.5 Å². The molecule has 5 nitrogen and oxygen atoms in total. The molecule has 0 saturated carbocycles. The normalized spacial score (nSPS) is 13.0. The van der Waals surface area contributed by atoms with Gasteiger partial charge in [-0.05, 0) is 57.7 Å². The van der Waals surface area contributed by atoms with Crippen LogP contribution in [0.15, 0.2) is 27.7 Å². The Kier molecular flexibility index (Phi) is 6.56. The van der Waals surface area contributed by atoms with E-state index < -0.39 is 0 Å². The lowest BCUT2D eigenvalue weighted by Gasteiger charge is -2.18. The minimum atomic E-state index is -0.187. The summed E-state index contributed by atoms with van der Waals surface area (Å²) in [5, 5.41) is 10.5. The summed E-state index contributed by atoms with van der Waals surface area (Å²) >= 11 is 0. The monoisotopic (exact) mass is 346 g/mol. The summed E-state index contributed by atoms with van der Waals surface area (Å²) < 4.78 is 18.9. The Morgan fingerprint density at radius 3 is 2.68 bits per heavy atom. The zero-order valence-corrected chi connectivity index (χ0v) is 15.6. The first-order valence-corrected chi connectivity index (χ1v) is 8.57. The van der Waals surface area contributed by atoms with Crippen molar-refractivity contribution in [2.75, 3.05) is 13.6 Å². The van der Waals surface area contributed by atoms with Crippen molar-refractivity contribution >= 4 is 5.96 Å². The molecule has 2 N–H and O–H groups in total. The zero-order chi connectivity index (χ0) is 18.4. The van der Waals surface area contributed by atoms with Crippen LogP contribution >= 0.6 is 0 Å². The highest BCUT2D eigenvalue weighted by Gasteiger charge is 2.11. The zero-order valence-electron chi connectivity index (χ0n) is 15.6. The van der Waals surface area contributed by atoms with Crippen molar-refractivity contribution in [3.8, 4) is 0 Å². The SMILES string of the molecule is CN=C(NCCCc1c(C)noc1C)NC(C)c1ccc(C)c(F)c1. The smallest absolute Gasteiger partial charge is 0.191 e. The third-order valence-corrected chi connectivity index (χ3v) is 4.35. The van der Waals surface area contributed by atoms with Crippen LogP contribution in [0.5, 0.6) is 0 Å². The van der Waals surface area contributed by atoms with Gasteiger partial charge in [0.1, 0.15) is 11.6 Å². The standard InChI is InChI=1S/C19H27FN4O/c1-12-8-9-16(11-18(12)20)13(2)23-19(21-5)22-10-6-7-17-14(3)24-25-15(17)4/h8-9,11,13H,6-7,10H2,1-5H3,(H2,21,22,23). The van der Waals surface area contributed by atoms with Crippen molar-refractivity contribution in [1.29, 1.82) is 0 Å². The van der Waals surface area contributed by atoms with Crippen molar-refractivity contribution in [2.24, 2.45) is 4.99 Å². The molecule has 0 radical (unpaired) electrons. The van der Waals surface area contributed by atoms with Gasteiger partial charge in [0.2, 0.25) is 0 Å². The highest BCUT2D eigenvalue weighted by atomic mass is 19.1. The molecule has 2 aromatic rings. The summed E-state index contributed by atoms with van der Waals surface area (Å²) in [5.74, 6) is 1.40. The van der Waals surface area contributed by atoms with Gasteiger partial charge in [-0.2, -0.15) is 0 Å². The molecule has 2 rings (SSSR count). The number of benzene rings is 1. The first-order valence-electron chi connectivity index (χ1n) is 8.57. The van der Waals surface area contributed by atoms with Crippen LogP contribution in [0, 0.1) is 26.6 Å². The molecule has 136 valence electrons. The van der Waals surface area contributed by atoms with E-state index >= 15 is 0 Å². The lowest BCUT2D eigenvalue weighted by atomic mass is 10.1. The van der Waals surface area contributed by atoms with E-state index in [0.29, 0.717) is 11.5 Å². The largest absolute Gasteiger partial charge is 0.361 e. The molecular formula is C19H27FN4O. The fraction of sp³-hybridized carbons (Fsp3) is 0.474. The van der Waals surface area contributed by atoms with Crippen LogP contribution in [0.1, 0.15) is 47.5 Å². The molecule has 1 aromatic carbocycles. The molecule has 1 atom stereocenters. The number of rotatable bonds is 6. The van der Waals surface area contributed by atoms with Crippen LogP contribution in [0.2, 0.25) is 0 Å². The fourth-order valence-corrected chi connectivity index (χ4v) is 2.69. The third kappa shape index (κ3) is 5.05. The van der Waals surface area contributed by atoms with Crippen molar-refractivity contribution in [3.05, 3.63) is 52.2 Å². The van der Waals surface area contributed by atoms with Crippen LogP contribution in [-0.2, 0) is 6.42 Å². The number of nitrogens with zero attached hydrogens (tertiary/aromatic N) is 2. The minimum Gasteiger partial charge on any atom is -0.361 e. The summed E-state index contributed by atoms with van der Waals surface area (Å²) in [6.45, 7) is 8.42. The Balaban J connectivity index is 1.83. The van der Waals surface area contributed by atoms with Crippen molar-refractivity contribution in [1.82, 2.24) is 15.8 Å². The maximum absolute atomic E-state index is 13.7. The van der Waals surface area contributed by atoms with Crippen LogP contribution in [0.4, 0.5) is 4.39 Å². The Hall–Kier alpha value is -2.37. The molecule has 0 saturated heterocycles. The number of hydrogen-bond donors (Lipinski definition) is 2. The molecule has 0 aliphatic carbocycles. The first-order chi connectivity index (χ1) is 11.9. The summed E-state index contributed by atoms with van der Waals surface area (Å²) in [7, 11) is 1.73. The number of aromatic nitrogens is 1. The van der Waals surface area contributed by atoms with Gasteiger partial charge in [-0.15, -0.1) is 0 Å². The predicted octanol–water partition coefficient (Wildman–Crippen LogP) is 3.60. The van der Waals surface area contributed by atoms with E-state index in [1.165, 1.54) is 5.56 Å². The number of halogens is 1. The van der Waals surface area contributed by atoms with Crippen LogP contribution in [-0.4, -0.2) is 24.7 Å². The molecule has 0 aliphatic rings. The van der Waals surface area contributed by atoms with E-state index in [-0.39, 0.29) is 11.9 Å². The number of aliphatic imine (C=N–C) groups is 1. The summed E-state index contributed by atoms with van der Waals surface area (Å²) in [6, 6.07) is 5.25. The minimum absolute atomic E-state index is 0.0381. The second-order valence-electron chi connectivity index (χ2n) is 6.28. The van der Waals surface area contributed by atoms with E-state index in [0.717, 1.165) is 36.4 Å². The Labute approximate surface area is 148 Å². The maximum Gasteiger partial charge on any atom is 0.191 e. The van der Waals surface area contributed by atoms with Crippen LogP contribution < -0.4 is 10.6 Å². The summed E-state index contributed by atoms with van der Waals surface area (Å²) in [5.41, 5.74) is 3.67. The molecule has 6 heteroatoms. The molecule has 0 amide bonds. The van der Waals surface area contributed by atoms with Gasteiger partial charge in [-0.3, -0.25) is 4.99 Å². The molecule has 0 bridgehead atoms. The molecule has 0 fully saturated rings. The average Bonchev–Trinajstić information content (AvgIpc) is 2.91. The van der Waals surface area contributed by atoms with E-state index in [9.17, 15) is 4.39 Å². The molecular weight excluding hydrogens is 319 g/mol. The molecule has 0 spiro atoms. The number of hydrogen-bond acceptors (Lipinski definition) is 3. The van der Waals surface area contributed by atoms with Crippen molar-refractivity contribution in [3.63, 3.8) is 0 Å². The number of nitrogens with one attached hydrogen (secondary N) is 2. The van der Waals surface area contributed by atoms with Gasteiger partial charge in [0.05, 0.1) is 11.7 Å². The first kappa shape index (κ1) is 19.0. The van der Waals surface area contributed by atoms with Gasteiger partial charge in [0.15, 0.2) is 5.96 Å². The summed E-state index contributed by atoms with van der Waals surface area (Å²) in [4.78, 5) is 4.23. The average molecular weight is 346 g/mol. The van der Waals surface area contributed by atoms with Gasteiger partial charge in [-0.1, -0.05) is 17.3 Å². The number of aryl methyl sites for hydroxylation is 3. The van der Waals surface area contributed by atoms with E-state index in [2.05, 4.69) is 20.8 Å². The second-order valence-corrected chi connectivity index (χ2v) is 6.28. The molecule has 1 heterocycles. The lowest BCUT2D eigenvalue weighted by molar-refractivity contribution is 0.392. The Morgan fingerprint density at radius 2 is 2.08 bits per heavy atom. The van der Waals surface area contributed by atoms with Crippen molar-refractivity contribution < 1.29 is 8.91 Å². The van der Waals surface area contributed by atoms with E-state index in [1.54, 1.807) is 26.1 Å². The Bertz CT molecular complexity index is 720. The lowest BCUT2D eigenvalue weighted by Crippen LogP contribution is -2.39. The highest BCUT2D eigenvalue weighted by Crippen LogP contribution is 2.16. The highest BCUT2D eigenvalue weighted by molar-refractivity contribution is 5.80. The predicted molar refractivity (Wildman–Crippen MR) is 98.3 cm³/mol. The van der Waals surface area contributed by atoms with E-state index in [4.69, 9.17) is 4.52 Å².